The highest BCUT2D eigenvalue weighted by molar-refractivity contribution is 6.90. The zero-order valence-corrected chi connectivity index (χ0v) is 42.3. The van der Waals surface area contributed by atoms with E-state index in [0.29, 0.717) is 0 Å². The molecule has 0 spiro atoms. The molecule has 0 saturated carbocycles. The third kappa shape index (κ3) is 6.10. The monoisotopic (exact) mass is 944 g/mol. The van der Waals surface area contributed by atoms with Crippen molar-refractivity contribution in [2.24, 2.45) is 0 Å². The lowest BCUT2D eigenvalue weighted by molar-refractivity contribution is 0.666. The van der Waals surface area contributed by atoms with Crippen LogP contribution in [0.25, 0.3) is 87.3 Å². The molecule has 2 aromatic heterocycles. The van der Waals surface area contributed by atoms with Crippen molar-refractivity contribution in [3.05, 3.63) is 223 Å². The third-order valence-electron chi connectivity index (χ3n) is 15.6. The summed E-state index contributed by atoms with van der Waals surface area (Å²) < 4.78 is 14.0. The molecule has 0 amide bonds. The Bertz CT molecular complexity index is 4370. The van der Waals surface area contributed by atoms with E-state index in [0.717, 1.165) is 78.2 Å². The highest BCUT2D eigenvalue weighted by atomic mass is 28.3. The number of anilines is 6. The van der Waals surface area contributed by atoms with Crippen LogP contribution in [0, 0.1) is 6.92 Å². The molecule has 0 bridgehead atoms. The molecule has 0 radical (unpaired) electrons. The summed E-state index contributed by atoms with van der Waals surface area (Å²) >= 11 is 0. The van der Waals surface area contributed by atoms with E-state index < -0.39 is 8.07 Å². The molecule has 11 aromatic carbocycles. The van der Waals surface area contributed by atoms with E-state index in [1.54, 1.807) is 0 Å². The Morgan fingerprint density at radius 2 is 0.861 bits per heavy atom. The minimum absolute atomic E-state index is 0.354. The van der Waals surface area contributed by atoms with Gasteiger partial charge in [-0.3, -0.25) is 0 Å². The van der Waals surface area contributed by atoms with Gasteiger partial charge in [0.1, 0.15) is 11.2 Å². The summed E-state index contributed by atoms with van der Waals surface area (Å²) in [5.41, 5.74) is 16.1. The van der Waals surface area contributed by atoms with Crippen molar-refractivity contribution in [2.75, 3.05) is 9.80 Å². The van der Waals surface area contributed by atoms with Gasteiger partial charge in [0.2, 0.25) is 0 Å². The average Bonchev–Trinajstić information content (AvgIpc) is 4.06. The van der Waals surface area contributed by atoms with Crippen molar-refractivity contribution in [2.45, 2.75) is 45.8 Å². The van der Waals surface area contributed by atoms with Crippen molar-refractivity contribution in [1.29, 1.82) is 0 Å². The molecule has 0 saturated heterocycles. The van der Waals surface area contributed by atoms with Gasteiger partial charge < -0.3 is 18.6 Å². The number of hydrogen-bond acceptors (Lipinski definition) is 4. The molecule has 1 aliphatic rings. The van der Waals surface area contributed by atoms with Gasteiger partial charge in [-0.25, -0.2) is 0 Å². The van der Waals surface area contributed by atoms with Crippen LogP contribution in [0.15, 0.2) is 215 Å². The van der Waals surface area contributed by atoms with E-state index in [9.17, 15) is 0 Å². The number of nitrogens with zero attached hydrogens (tertiary/aromatic N) is 2. The highest BCUT2D eigenvalue weighted by Crippen LogP contribution is 2.59. The van der Waals surface area contributed by atoms with Crippen molar-refractivity contribution in [1.82, 2.24) is 0 Å². The number of fused-ring (bicyclic) bond motifs is 16. The Kier molecular flexibility index (Phi) is 9.18. The van der Waals surface area contributed by atoms with E-state index in [-0.39, 0.29) is 5.41 Å². The Morgan fingerprint density at radius 3 is 1.53 bits per heavy atom. The maximum atomic E-state index is 7.09. The molecule has 2 heterocycles. The van der Waals surface area contributed by atoms with Gasteiger partial charge in [-0.1, -0.05) is 185 Å². The van der Waals surface area contributed by atoms with E-state index in [4.69, 9.17) is 8.83 Å². The second-order valence-corrected chi connectivity index (χ2v) is 26.3. The van der Waals surface area contributed by atoms with Gasteiger partial charge in [0, 0.05) is 49.4 Å². The molecule has 0 unspecified atom stereocenters. The first-order chi connectivity index (χ1) is 35.1. The molecular formula is C67H52N2O2Si. The maximum Gasteiger partial charge on any atom is 0.159 e. The van der Waals surface area contributed by atoms with Crippen molar-refractivity contribution >= 4 is 124 Å². The largest absolute Gasteiger partial charge is 0.454 e. The lowest BCUT2D eigenvalue weighted by atomic mass is 9.77. The van der Waals surface area contributed by atoms with E-state index in [2.05, 4.69) is 256 Å². The first-order valence-corrected chi connectivity index (χ1v) is 28.7. The van der Waals surface area contributed by atoms with Gasteiger partial charge in [-0.05, 0) is 121 Å². The predicted molar refractivity (Wildman–Crippen MR) is 308 cm³/mol. The summed E-state index contributed by atoms with van der Waals surface area (Å²) in [4.78, 5) is 4.82. The fourth-order valence-corrected chi connectivity index (χ4v) is 13.9. The van der Waals surface area contributed by atoms with Gasteiger partial charge in [0.05, 0.1) is 25.1 Å². The molecule has 0 aliphatic heterocycles. The van der Waals surface area contributed by atoms with Crippen LogP contribution >= 0.6 is 0 Å². The highest BCUT2D eigenvalue weighted by Gasteiger charge is 2.41. The molecule has 1 aliphatic carbocycles. The van der Waals surface area contributed by atoms with Gasteiger partial charge in [0.15, 0.2) is 11.2 Å². The number of benzene rings is 11. The zero-order chi connectivity index (χ0) is 48.6. The molecule has 346 valence electrons. The second kappa shape index (κ2) is 15.6. The summed E-state index contributed by atoms with van der Waals surface area (Å²) in [6.45, 7) is 14.2. The molecular weight excluding hydrogens is 893 g/mol. The van der Waals surface area contributed by atoms with Crippen molar-refractivity contribution in [3.63, 3.8) is 0 Å². The third-order valence-corrected chi connectivity index (χ3v) is 17.6. The van der Waals surface area contributed by atoms with Crippen molar-refractivity contribution in [3.8, 4) is 11.1 Å². The molecule has 0 atom stereocenters. The van der Waals surface area contributed by atoms with Gasteiger partial charge >= 0.3 is 0 Å². The molecule has 0 N–H and O–H groups in total. The van der Waals surface area contributed by atoms with Crippen LogP contribution < -0.4 is 15.0 Å². The summed E-state index contributed by atoms with van der Waals surface area (Å²) in [6, 6.07) is 75.6. The quantitative estimate of drug-likeness (QED) is 0.118. The maximum absolute atomic E-state index is 7.09. The minimum atomic E-state index is -1.72. The summed E-state index contributed by atoms with van der Waals surface area (Å²) in [7, 11) is -1.72. The Morgan fingerprint density at radius 1 is 0.361 bits per heavy atom. The zero-order valence-electron chi connectivity index (χ0n) is 41.3. The summed E-state index contributed by atoms with van der Waals surface area (Å²) in [5, 5.41) is 13.3. The lowest BCUT2D eigenvalue weighted by Crippen LogP contribution is -2.37. The normalized spacial score (nSPS) is 13.2. The Labute approximate surface area is 420 Å². The minimum Gasteiger partial charge on any atom is -0.454 e. The van der Waals surface area contributed by atoms with Crippen LogP contribution in [-0.2, 0) is 5.41 Å². The lowest BCUT2D eigenvalue weighted by Gasteiger charge is -2.30. The predicted octanol–water partition coefficient (Wildman–Crippen LogP) is 19.0. The molecule has 0 fully saturated rings. The number of para-hydroxylation sites is 6. The summed E-state index contributed by atoms with van der Waals surface area (Å²) in [5.74, 6) is 0. The number of rotatable bonds is 7. The summed E-state index contributed by atoms with van der Waals surface area (Å²) in [6.07, 6.45) is 0. The van der Waals surface area contributed by atoms with E-state index >= 15 is 0 Å². The van der Waals surface area contributed by atoms with Crippen LogP contribution in [0.3, 0.4) is 0 Å². The smallest absolute Gasteiger partial charge is 0.159 e. The molecule has 5 heteroatoms. The SMILES string of the molecule is Cc1cccc2c1oc1c(N(c3ccccc3)c3cc4c(c5ccccc35)C(C)(C)c3c-4c4ccccc4c4cc(N(c5ccccc5)c5cccc6c5oc5c([Si](C)(C)C)cccc56)ccc34)cccc12. The van der Waals surface area contributed by atoms with Crippen molar-refractivity contribution < 1.29 is 8.83 Å². The molecule has 4 nitrogen and oxygen atoms in total. The van der Waals surface area contributed by atoms with Crippen LogP contribution in [0.4, 0.5) is 34.1 Å². The van der Waals surface area contributed by atoms with Gasteiger partial charge in [-0.2, -0.15) is 0 Å². The van der Waals surface area contributed by atoms with E-state index in [1.165, 1.54) is 65.1 Å². The topological polar surface area (TPSA) is 32.8 Å². The first-order valence-electron chi connectivity index (χ1n) is 25.2. The number of furan rings is 2. The fourth-order valence-electron chi connectivity index (χ4n) is 12.5. The van der Waals surface area contributed by atoms with Crippen LogP contribution in [0.5, 0.6) is 0 Å². The Hall–Kier alpha value is -8.38. The van der Waals surface area contributed by atoms with E-state index in [1.807, 2.05) is 0 Å². The van der Waals surface area contributed by atoms with Crippen LogP contribution in [0.1, 0.15) is 30.5 Å². The van der Waals surface area contributed by atoms with Gasteiger partial charge in [-0.15, -0.1) is 0 Å². The molecule has 72 heavy (non-hydrogen) atoms. The number of hydrogen-bond donors (Lipinski definition) is 0. The second-order valence-electron chi connectivity index (χ2n) is 21.3. The molecule has 14 rings (SSSR count). The van der Waals surface area contributed by atoms with Crippen LogP contribution in [0.2, 0.25) is 19.6 Å². The fraction of sp³-hybridized carbons (Fsp3) is 0.104. The van der Waals surface area contributed by atoms with Gasteiger partial charge in [0.25, 0.3) is 0 Å². The van der Waals surface area contributed by atoms with Crippen LogP contribution in [-0.4, -0.2) is 8.07 Å². The number of aryl methyl sites for hydroxylation is 1. The first kappa shape index (κ1) is 42.5. The average molecular weight is 945 g/mol. The standard InChI is InChI=1S/C67H52N2O2Si/c1-41-21-17-30-50-51-31-19-35-57(65(51)70-63(41)50)69(43-24-11-8-12-25-43)58-40-55-60-47-28-15-13-26-45(47)54-39-44(37-38-49(54)62(60)67(2,3)61(55)48-29-16-14-27-46(48)58)68(42-22-9-7-10-23-42)56-34-18-32-52-53-33-20-36-59(72(4,5)6)66(53)71-64(52)56/h7-40H,1-6H3. The molecule has 13 aromatic rings. The Balaban J connectivity index is 1.02.